The SMILES string of the molecule is C=C(C)[C@@H]1CC[C@]2(CCN3CCCCC3)CC[C@]3(C)[C@H](CC[C@@H]4[C@@]5(C)CC[C@H](OC(=O)CC(C)(C)CC(=O)O)C(C)(C)[C@@H]5CC[C@]43C)[C@@H]12. The van der Waals surface area contributed by atoms with Gasteiger partial charge in [-0.05, 0) is 167 Å². The number of fused-ring (bicyclic) bond motifs is 7. The number of likely N-dealkylation sites (tertiary alicyclic amines) is 1. The molecule has 0 spiro atoms. The van der Waals surface area contributed by atoms with Crippen molar-refractivity contribution in [3.05, 3.63) is 12.2 Å². The maximum Gasteiger partial charge on any atom is 0.306 e. The molecule has 5 heteroatoms. The van der Waals surface area contributed by atoms with Crippen LogP contribution in [0.2, 0.25) is 0 Å². The first-order valence-corrected chi connectivity index (χ1v) is 20.2. The highest BCUT2D eigenvalue weighted by Gasteiger charge is 2.71. The molecule has 6 aliphatic rings. The van der Waals surface area contributed by atoms with E-state index in [2.05, 4.69) is 53.0 Å². The third kappa shape index (κ3) is 5.94. The molecule has 1 saturated heterocycles. The second-order valence-electron chi connectivity index (χ2n) is 20.5. The number of aliphatic carboxylic acids is 1. The molecular formula is C43H71NO4. The van der Waals surface area contributed by atoms with Crippen LogP contribution in [0.5, 0.6) is 0 Å². The highest BCUT2D eigenvalue weighted by molar-refractivity contribution is 5.73. The topological polar surface area (TPSA) is 66.8 Å². The van der Waals surface area contributed by atoms with Gasteiger partial charge in [0.25, 0.3) is 0 Å². The van der Waals surface area contributed by atoms with Crippen LogP contribution < -0.4 is 0 Å². The maximum atomic E-state index is 13.2. The number of hydrogen-bond donors (Lipinski definition) is 1. The number of piperidine rings is 1. The zero-order valence-corrected chi connectivity index (χ0v) is 32.2. The summed E-state index contributed by atoms with van der Waals surface area (Å²) in [6, 6.07) is 0. The Morgan fingerprint density at radius 1 is 0.833 bits per heavy atom. The van der Waals surface area contributed by atoms with Crippen LogP contribution in [0.1, 0.15) is 158 Å². The van der Waals surface area contributed by atoms with Crippen LogP contribution in [0, 0.1) is 62.1 Å². The lowest BCUT2D eigenvalue weighted by Gasteiger charge is -2.73. The second kappa shape index (κ2) is 12.7. The molecule has 6 fully saturated rings. The molecular weight excluding hydrogens is 594 g/mol. The summed E-state index contributed by atoms with van der Waals surface area (Å²) in [5.74, 6) is 2.39. The Hall–Kier alpha value is -1.36. The normalized spacial score (nSPS) is 44.1. The average molecular weight is 666 g/mol. The van der Waals surface area contributed by atoms with Gasteiger partial charge in [0, 0.05) is 5.41 Å². The molecule has 5 aliphatic carbocycles. The summed E-state index contributed by atoms with van der Waals surface area (Å²) in [5, 5.41) is 9.34. The van der Waals surface area contributed by atoms with Crippen molar-refractivity contribution < 1.29 is 19.4 Å². The van der Waals surface area contributed by atoms with Crippen LogP contribution in [-0.4, -0.2) is 47.7 Å². The van der Waals surface area contributed by atoms with Gasteiger partial charge in [0.1, 0.15) is 6.10 Å². The van der Waals surface area contributed by atoms with Gasteiger partial charge in [-0.1, -0.05) is 67.0 Å². The Labute approximate surface area is 293 Å². The summed E-state index contributed by atoms with van der Waals surface area (Å²) in [7, 11) is 0. The van der Waals surface area contributed by atoms with Gasteiger partial charge in [0.2, 0.25) is 0 Å². The molecule has 1 N–H and O–H groups in total. The van der Waals surface area contributed by atoms with Crippen LogP contribution in [0.3, 0.4) is 0 Å². The van der Waals surface area contributed by atoms with Crippen molar-refractivity contribution >= 4 is 11.9 Å². The molecule has 10 atom stereocenters. The van der Waals surface area contributed by atoms with Crippen molar-refractivity contribution in [1.29, 1.82) is 0 Å². The predicted octanol–water partition coefficient (Wildman–Crippen LogP) is 10.3. The van der Waals surface area contributed by atoms with E-state index < -0.39 is 11.4 Å². The molecule has 0 radical (unpaired) electrons. The quantitative estimate of drug-likeness (QED) is 0.196. The number of ether oxygens (including phenoxy) is 1. The van der Waals surface area contributed by atoms with Gasteiger partial charge in [-0.3, -0.25) is 9.59 Å². The molecule has 48 heavy (non-hydrogen) atoms. The number of carboxylic acid groups (broad SMARTS) is 1. The Morgan fingerprint density at radius 3 is 2.21 bits per heavy atom. The minimum absolute atomic E-state index is 0.0234. The number of esters is 1. The summed E-state index contributed by atoms with van der Waals surface area (Å²) in [5.41, 5.74) is 2.15. The van der Waals surface area contributed by atoms with Crippen LogP contribution >= 0.6 is 0 Å². The Bertz CT molecular complexity index is 1250. The molecule has 0 aromatic carbocycles. The smallest absolute Gasteiger partial charge is 0.306 e. The van der Waals surface area contributed by atoms with Crippen LogP contribution in [0.15, 0.2) is 12.2 Å². The van der Waals surface area contributed by atoms with Crippen molar-refractivity contribution in [3.63, 3.8) is 0 Å². The number of carbonyl (C=O) groups is 2. The third-order valence-electron chi connectivity index (χ3n) is 17.1. The Balaban J connectivity index is 1.22. The lowest BCUT2D eigenvalue weighted by molar-refractivity contribution is -0.250. The van der Waals surface area contributed by atoms with Crippen molar-refractivity contribution in [3.8, 4) is 0 Å². The van der Waals surface area contributed by atoms with Crippen molar-refractivity contribution in [2.75, 3.05) is 19.6 Å². The monoisotopic (exact) mass is 666 g/mol. The second-order valence-corrected chi connectivity index (χ2v) is 20.5. The van der Waals surface area contributed by atoms with E-state index in [4.69, 9.17) is 4.74 Å². The fourth-order valence-corrected chi connectivity index (χ4v) is 14.5. The van der Waals surface area contributed by atoms with Crippen molar-refractivity contribution in [1.82, 2.24) is 4.90 Å². The van der Waals surface area contributed by atoms with E-state index in [1.165, 1.54) is 102 Å². The first-order chi connectivity index (χ1) is 22.4. The first-order valence-electron chi connectivity index (χ1n) is 20.2. The summed E-state index contributed by atoms with van der Waals surface area (Å²) in [6.07, 6.45) is 18.4. The fraction of sp³-hybridized carbons (Fsp3) is 0.907. The highest BCUT2D eigenvalue weighted by Crippen LogP contribution is 2.78. The molecule has 0 bridgehead atoms. The zero-order valence-electron chi connectivity index (χ0n) is 32.2. The lowest BCUT2D eigenvalue weighted by Crippen LogP contribution is -2.66. The van der Waals surface area contributed by atoms with E-state index in [-0.39, 0.29) is 35.7 Å². The summed E-state index contributed by atoms with van der Waals surface area (Å²) >= 11 is 0. The van der Waals surface area contributed by atoms with Gasteiger partial charge >= 0.3 is 11.9 Å². The minimum atomic E-state index is -0.862. The molecule has 1 aliphatic heterocycles. The van der Waals surface area contributed by atoms with Gasteiger partial charge in [0.05, 0.1) is 12.8 Å². The number of hydrogen-bond acceptors (Lipinski definition) is 4. The Morgan fingerprint density at radius 2 is 1.54 bits per heavy atom. The fourth-order valence-electron chi connectivity index (χ4n) is 14.5. The van der Waals surface area contributed by atoms with E-state index in [9.17, 15) is 14.7 Å². The Kier molecular flexibility index (Phi) is 9.64. The first kappa shape index (κ1) is 36.4. The molecule has 5 nitrogen and oxygen atoms in total. The van der Waals surface area contributed by atoms with Gasteiger partial charge in [-0.15, -0.1) is 0 Å². The van der Waals surface area contributed by atoms with Crippen molar-refractivity contribution in [2.45, 2.75) is 164 Å². The van der Waals surface area contributed by atoms with Crippen LogP contribution in [0.25, 0.3) is 0 Å². The van der Waals surface area contributed by atoms with E-state index in [0.29, 0.717) is 34.0 Å². The number of allylic oxidation sites excluding steroid dienone is 1. The highest BCUT2D eigenvalue weighted by atomic mass is 16.5. The molecule has 1 heterocycles. The lowest BCUT2D eigenvalue weighted by atomic mass is 9.32. The van der Waals surface area contributed by atoms with Crippen LogP contribution in [-0.2, 0) is 14.3 Å². The largest absolute Gasteiger partial charge is 0.481 e. The van der Waals surface area contributed by atoms with Gasteiger partial charge < -0.3 is 14.7 Å². The molecule has 6 rings (SSSR count). The molecule has 5 saturated carbocycles. The van der Waals surface area contributed by atoms with E-state index in [0.717, 1.165) is 24.7 Å². The van der Waals surface area contributed by atoms with E-state index >= 15 is 0 Å². The van der Waals surface area contributed by atoms with E-state index in [1.807, 2.05) is 13.8 Å². The summed E-state index contributed by atoms with van der Waals surface area (Å²) in [6.45, 7) is 27.5. The van der Waals surface area contributed by atoms with Crippen LogP contribution in [0.4, 0.5) is 0 Å². The van der Waals surface area contributed by atoms with Gasteiger partial charge in [-0.25, -0.2) is 0 Å². The summed E-state index contributed by atoms with van der Waals surface area (Å²) < 4.78 is 6.30. The molecule has 0 aromatic rings. The minimum Gasteiger partial charge on any atom is -0.481 e. The molecule has 0 amide bonds. The number of rotatable bonds is 9. The third-order valence-corrected chi connectivity index (χ3v) is 17.1. The average Bonchev–Trinajstić information content (AvgIpc) is 3.38. The van der Waals surface area contributed by atoms with Gasteiger partial charge in [-0.2, -0.15) is 0 Å². The predicted molar refractivity (Wildman–Crippen MR) is 194 cm³/mol. The number of carboxylic acids is 1. The standard InChI is InChI=1S/C43H71NO4/c1-29(2)30-15-20-43(23-26-44-24-11-10-12-25-44)22-21-41(8)31(37(30)43)13-14-33-40(7)18-17-34(39(5,6)32(40)16-19-42(33,41)9)48-36(47)28-38(3,4)27-35(45)46/h30-34,37H,1,10-28H2,2-9H3,(H,45,46)/t30-,31+,32-,33+,34-,37+,40-,41+,42+,43+/m0/s1. The summed E-state index contributed by atoms with van der Waals surface area (Å²) in [4.78, 5) is 27.4. The number of carbonyl (C=O) groups excluding carboxylic acids is 1. The van der Waals surface area contributed by atoms with Gasteiger partial charge in [0.15, 0.2) is 0 Å². The van der Waals surface area contributed by atoms with E-state index in [1.54, 1.807) is 0 Å². The molecule has 272 valence electrons. The molecule has 0 unspecified atom stereocenters. The molecule has 0 aromatic heterocycles. The zero-order chi connectivity index (χ0) is 34.9. The number of nitrogens with zero attached hydrogens (tertiary/aromatic N) is 1. The maximum absolute atomic E-state index is 13.2. The van der Waals surface area contributed by atoms with Crippen molar-refractivity contribution in [2.24, 2.45) is 62.1 Å².